The molecule has 2 heterocycles. The van der Waals surface area contributed by atoms with Crippen LogP contribution in [0.5, 0.6) is 0 Å². The number of aromatic nitrogens is 2. The Labute approximate surface area is 184 Å². The molecular weight excluding hydrogens is 435 g/mol. The van der Waals surface area contributed by atoms with Crippen LogP contribution >= 0.6 is 11.3 Å². The Hall–Kier alpha value is -2.88. The maximum absolute atomic E-state index is 13.4. The second kappa shape index (κ2) is 8.33. The fourth-order valence-electron chi connectivity index (χ4n) is 3.48. The maximum Gasteiger partial charge on any atom is 0.238 e. The molecule has 2 aromatic carbocycles. The van der Waals surface area contributed by atoms with Crippen LogP contribution in [0.1, 0.15) is 16.3 Å². The van der Waals surface area contributed by atoms with Gasteiger partial charge in [-0.15, -0.1) is 11.3 Å². The number of anilines is 1. The molecule has 0 radical (unpaired) electrons. The zero-order chi connectivity index (χ0) is 22.2. The van der Waals surface area contributed by atoms with E-state index in [-0.39, 0.29) is 10.7 Å². The lowest BCUT2D eigenvalue weighted by Gasteiger charge is -2.10. The number of nitrogens with two attached hydrogens (primary N) is 1. The molecule has 9 heteroatoms. The monoisotopic (exact) mass is 456 g/mol. The molecule has 6 nitrogen and oxygen atoms in total. The van der Waals surface area contributed by atoms with Gasteiger partial charge in [0, 0.05) is 17.0 Å². The third-order valence-electron chi connectivity index (χ3n) is 4.93. The highest BCUT2D eigenvalue weighted by Crippen LogP contribution is 2.40. The molecule has 0 bridgehead atoms. The minimum absolute atomic E-state index is 0.0926. The number of nitrogens with one attached hydrogen (secondary N) is 1. The molecule has 0 aliphatic heterocycles. The zero-order valence-corrected chi connectivity index (χ0v) is 18.6. The Bertz CT molecular complexity index is 1350. The quantitative estimate of drug-likeness (QED) is 0.448. The number of sulfonamides is 1. The second-order valence-electron chi connectivity index (χ2n) is 7.21. The Kier molecular flexibility index (Phi) is 5.74. The third-order valence-corrected chi connectivity index (χ3v) is 6.86. The van der Waals surface area contributed by atoms with E-state index in [9.17, 15) is 12.8 Å². The van der Waals surface area contributed by atoms with Crippen molar-refractivity contribution in [2.24, 2.45) is 5.14 Å². The molecule has 0 saturated heterocycles. The summed E-state index contributed by atoms with van der Waals surface area (Å²) in [7, 11) is -3.70. The molecule has 3 N–H and O–H groups in total. The van der Waals surface area contributed by atoms with Crippen molar-refractivity contribution in [3.63, 3.8) is 0 Å². The van der Waals surface area contributed by atoms with Crippen LogP contribution in [0.4, 0.5) is 10.2 Å². The fraction of sp³-hybridized carbons (Fsp3) is 0.182. The lowest BCUT2D eigenvalue weighted by Crippen LogP contribution is -2.12. The van der Waals surface area contributed by atoms with Crippen LogP contribution in [0, 0.1) is 19.7 Å². The highest BCUT2D eigenvalue weighted by atomic mass is 32.2. The molecule has 0 amide bonds. The molecule has 0 aliphatic carbocycles. The van der Waals surface area contributed by atoms with Gasteiger partial charge in [0.25, 0.3) is 0 Å². The van der Waals surface area contributed by atoms with Gasteiger partial charge < -0.3 is 5.32 Å². The summed E-state index contributed by atoms with van der Waals surface area (Å²) in [6.45, 7) is 4.47. The van der Waals surface area contributed by atoms with E-state index in [4.69, 9.17) is 5.14 Å². The number of hydrogen-bond acceptors (Lipinski definition) is 6. The van der Waals surface area contributed by atoms with Gasteiger partial charge in [0.2, 0.25) is 10.0 Å². The maximum atomic E-state index is 13.4. The van der Waals surface area contributed by atoms with E-state index in [1.807, 2.05) is 13.8 Å². The normalized spacial score (nSPS) is 11.7. The molecule has 4 aromatic rings. The van der Waals surface area contributed by atoms with Gasteiger partial charge >= 0.3 is 0 Å². The van der Waals surface area contributed by atoms with Crippen LogP contribution in [0.3, 0.4) is 0 Å². The number of primary sulfonamides is 1. The van der Waals surface area contributed by atoms with Crippen molar-refractivity contribution in [3.05, 3.63) is 70.6 Å². The van der Waals surface area contributed by atoms with Crippen molar-refractivity contribution in [2.75, 3.05) is 11.9 Å². The van der Waals surface area contributed by atoms with E-state index < -0.39 is 10.0 Å². The summed E-state index contributed by atoms with van der Waals surface area (Å²) in [6, 6.07) is 12.9. The summed E-state index contributed by atoms with van der Waals surface area (Å²) in [4.78, 5) is 11.3. The van der Waals surface area contributed by atoms with Crippen molar-refractivity contribution in [3.8, 4) is 11.1 Å². The topological polar surface area (TPSA) is 98.0 Å². The largest absolute Gasteiger partial charge is 0.369 e. The van der Waals surface area contributed by atoms with Crippen molar-refractivity contribution >= 4 is 37.4 Å². The molecule has 0 atom stereocenters. The Balaban J connectivity index is 1.62. The van der Waals surface area contributed by atoms with Crippen molar-refractivity contribution in [1.82, 2.24) is 9.97 Å². The van der Waals surface area contributed by atoms with Crippen LogP contribution in [0.15, 0.2) is 53.4 Å². The standard InChI is InChI=1S/C22H21FN4O2S2/c1-13-19(16-5-7-17(23)8-6-16)20-21(26-14(2)27-22(20)30-13)25-12-11-15-3-9-18(10-4-15)31(24,28)29/h3-10H,11-12H2,1-2H3,(H2,24,28,29)(H,25,26,27). The van der Waals surface area contributed by atoms with Crippen LogP contribution in [-0.4, -0.2) is 24.9 Å². The second-order valence-corrected chi connectivity index (χ2v) is 9.97. The molecule has 0 saturated carbocycles. The third kappa shape index (κ3) is 4.58. The predicted molar refractivity (Wildman–Crippen MR) is 122 cm³/mol. The van der Waals surface area contributed by atoms with E-state index >= 15 is 0 Å². The van der Waals surface area contributed by atoms with Crippen LogP contribution in [-0.2, 0) is 16.4 Å². The number of nitrogens with zero attached hydrogens (tertiary/aromatic N) is 2. The highest BCUT2D eigenvalue weighted by molar-refractivity contribution is 7.89. The number of thiophene rings is 1. The average molecular weight is 457 g/mol. The van der Waals surface area contributed by atoms with E-state index in [0.29, 0.717) is 18.8 Å². The molecule has 0 aliphatic rings. The number of hydrogen-bond donors (Lipinski definition) is 2. The van der Waals surface area contributed by atoms with Gasteiger partial charge in [0.15, 0.2) is 0 Å². The number of halogens is 1. The summed E-state index contributed by atoms with van der Waals surface area (Å²) in [5, 5.41) is 9.46. The first-order chi connectivity index (χ1) is 14.7. The summed E-state index contributed by atoms with van der Waals surface area (Å²) in [5.74, 6) is 1.12. The van der Waals surface area contributed by atoms with Gasteiger partial charge in [-0.3, -0.25) is 0 Å². The Morgan fingerprint density at radius 1 is 1.03 bits per heavy atom. The van der Waals surface area contributed by atoms with Crippen molar-refractivity contribution in [2.45, 2.75) is 25.2 Å². The minimum Gasteiger partial charge on any atom is -0.369 e. The summed E-state index contributed by atoms with van der Waals surface area (Å²) < 4.78 is 36.2. The number of benzene rings is 2. The molecule has 31 heavy (non-hydrogen) atoms. The van der Waals surface area contributed by atoms with Gasteiger partial charge in [-0.2, -0.15) is 0 Å². The molecule has 160 valence electrons. The molecular formula is C22H21FN4O2S2. The fourth-order valence-corrected chi connectivity index (χ4v) is 5.09. The first kappa shape index (κ1) is 21.4. The van der Waals surface area contributed by atoms with Gasteiger partial charge in [-0.1, -0.05) is 24.3 Å². The molecule has 0 unspecified atom stereocenters. The SMILES string of the molecule is Cc1nc(NCCc2ccc(S(N)(=O)=O)cc2)c2c(-c3ccc(F)cc3)c(C)sc2n1. The number of rotatable bonds is 6. The number of fused-ring (bicyclic) bond motifs is 1. The van der Waals surface area contributed by atoms with Crippen molar-refractivity contribution < 1.29 is 12.8 Å². The first-order valence-electron chi connectivity index (χ1n) is 9.61. The van der Waals surface area contributed by atoms with Crippen molar-refractivity contribution in [1.29, 1.82) is 0 Å². The van der Waals surface area contributed by atoms with Gasteiger partial charge in [-0.05, 0) is 55.7 Å². The van der Waals surface area contributed by atoms with Gasteiger partial charge in [0.1, 0.15) is 22.3 Å². The van der Waals surface area contributed by atoms with E-state index in [1.165, 1.54) is 24.3 Å². The highest BCUT2D eigenvalue weighted by Gasteiger charge is 2.18. The summed E-state index contributed by atoms with van der Waals surface area (Å²) in [5.41, 5.74) is 2.89. The van der Waals surface area contributed by atoms with Crippen LogP contribution in [0.25, 0.3) is 21.3 Å². The van der Waals surface area contributed by atoms with E-state index in [0.717, 1.165) is 37.6 Å². The Morgan fingerprint density at radius 2 is 1.71 bits per heavy atom. The Morgan fingerprint density at radius 3 is 2.35 bits per heavy atom. The zero-order valence-electron chi connectivity index (χ0n) is 17.0. The predicted octanol–water partition coefficient (Wildman–Crippen LogP) is 4.42. The number of aryl methyl sites for hydroxylation is 2. The summed E-state index contributed by atoms with van der Waals surface area (Å²) >= 11 is 1.59. The molecule has 0 spiro atoms. The van der Waals surface area contributed by atoms with Gasteiger partial charge in [0.05, 0.1) is 10.3 Å². The first-order valence-corrected chi connectivity index (χ1v) is 12.0. The molecule has 2 aromatic heterocycles. The lowest BCUT2D eigenvalue weighted by atomic mass is 10.0. The smallest absolute Gasteiger partial charge is 0.238 e. The van der Waals surface area contributed by atoms with Crippen LogP contribution in [0.2, 0.25) is 0 Å². The lowest BCUT2D eigenvalue weighted by molar-refractivity contribution is 0.597. The van der Waals surface area contributed by atoms with Gasteiger partial charge in [-0.25, -0.2) is 27.9 Å². The van der Waals surface area contributed by atoms with E-state index in [1.54, 1.807) is 35.6 Å². The molecule has 0 fully saturated rings. The minimum atomic E-state index is -3.70. The molecule has 4 rings (SSSR count). The van der Waals surface area contributed by atoms with E-state index in [2.05, 4.69) is 15.3 Å². The van der Waals surface area contributed by atoms with Crippen LogP contribution < -0.4 is 10.5 Å². The summed E-state index contributed by atoms with van der Waals surface area (Å²) in [6.07, 6.45) is 0.671. The average Bonchev–Trinajstić information content (AvgIpc) is 3.04.